The third-order valence-electron chi connectivity index (χ3n) is 5.50. The van der Waals surface area contributed by atoms with Crippen LogP contribution in [0.5, 0.6) is 0 Å². The highest BCUT2D eigenvalue weighted by molar-refractivity contribution is 6.23. The van der Waals surface area contributed by atoms with Crippen molar-refractivity contribution in [1.82, 2.24) is 10.2 Å². The number of benzene rings is 2. The first-order valence-electron chi connectivity index (χ1n) is 9.67. The number of anilines is 1. The minimum Gasteiger partial charge on any atom is -0.372 e. The minimum absolute atomic E-state index is 0.0334. The van der Waals surface area contributed by atoms with Gasteiger partial charge in [0.1, 0.15) is 11.9 Å². The molecule has 2 aromatic rings. The minimum atomic E-state index is -1.07. The summed E-state index contributed by atoms with van der Waals surface area (Å²) in [6.07, 6.45) is 0.775. The van der Waals surface area contributed by atoms with Gasteiger partial charge >= 0.3 is 0 Å². The summed E-state index contributed by atoms with van der Waals surface area (Å²) in [5.74, 6) is -3.12. The van der Waals surface area contributed by atoms with Crippen molar-refractivity contribution in [1.29, 1.82) is 0 Å². The number of fused-ring (bicyclic) bond motifs is 1. The van der Waals surface area contributed by atoms with Crippen LogP contribution in [-0.4, -0.2) is 48.2 Å². The number of rotatable bonds is 5. The molecular weight excluding hydrogens is 389 g/mol. The van der Waals surface area contributed by atoms with Gasteiger partial charge in [-0.1, -0.05) is 30.3 Å². The van der Waals surface area contributed by atoms with Gasteiger partial charge in [-0.05, 0) is 30.5 Å². The number of piperidine rings is 1. The van der Waals surface area contributed by atoms with Gasteiger partial charge in [-0.15, -0.1) is 0 Å². The molecule has 154 valence electrons. The molecule has 2 heterocycles. The van der Waals surface area contributed by atoms with Crippen molar-refractivity contribution >= 4 is 29.3 Å². The third kappa shape index (κ3) is 3.45. The van der Waals surface area contributed by atoms with E-state index in [2.05, 4.69) is 5.32 Å². The molecule has 0 spiro atoms. The molecule has 1 N–H and O–H groups in total. The van der Waals surface area contributed by atoms with Crippen molar-refractivity contribution in [3.8, 4) is 0 Å². The van der Waals surface area contributed by atoms with Gasteiger partial charge in [-0.25, -0.2) is 4.39 Å². The van der Waals surface area contributed by atoms with E-state index in [9.17, 15) is 23.6 Å². The summed E-state index contributed by atoms with van der Waals surface area (Å²) in [5.41, 5.74) is 1.30. The Bertz CT molecular complexity index is 1050. The van der Waals surface area contributed by atoms with Crippen LogP contribution in [0.1, 0.15) is 39.1 Å². The van der Waals surface area contributed by atoms with Gasteiger partial charge in [0.05, 0.1) is 16.8 Å². The largest absolute Gasteiger partial charge is 0.372 e. The highest BCUT2D eigenvalue weighted by Gasteiger charge is 2.45. The number of imide groups is 2. The number of hydrogen-bond acceptors (Lipinski definition) is 5. The molecule has 0 saturated carbocycles. The Labute approximate surface area is 172 Å². The molecule has 4 rings (SSSR count). The average Bonchev–Trinajstić information content (AvgIpc) is 2.96. The Morgan fingerprint density at radius 2 is 1.73 bits per heavy atom. The predicted octanol–water partition coefficient (Wildman–Crippen LogP) is 1.91. The maximum Gasteiger partial charge on any atom is 0.262 e. The number of nitrogens with zero attached hydrogens (tertiary/aromatic N) is 2. The molecule has 1 unspecified atom stereocenters. The predicted molar refractivity (Wildman–Crippen MR) is 106 cm³/mol. The average molecular weight is 409 g/mol. The zero-order chi connectivity index (χ0) is 21.4. The van der Waals surface area contributed by atoms with Gasteiger partial charge in [-0.3, -0.25) is 29.4 Å². The molecular formula is C22H20FN3O4. The number of nitrogens with one attached hydrogen (secondary N) is 1. The van der Waals surface area contributed by atoms with Gasteiger partial charge in [0.15, 0.2) is 0 Å². The fourth-order valence-electron chi connectivity index (χ4n) is 3.83. The smallest absolute Gasteiger partial charge is 0.262 e. The summed E-state index contributed by atoms with van der Waals surface area (Å²) in [4.78, 5) is 51.7. The van der Waals surface area contributed by atoms with Crippen molar-refractivity contribution in [2.24, 2.45) is 0 Å². The molecule has 0 aromatic heterocycles. The van der Waals surface area contributed by atoms with Crippen LogP contribution in [0.4, 0.5) is 10.1 Å². The molecule has 1 atom stereocenters. The number of hydrogen-bond donors (Lipinski definition) is 1. The fourth-order valence-corrected chi connectivity index (χ4v) is 3.83. The molecule has 0 bridgehead atoms. The van der Waals surface area contributed by atoms with Crippen LogP contribution < -0.4 is 10.2 Å². The zero-order valence-corrected chi connectivity index (χ0v) is 16.4. The van der Waals surface area contributed by atoms with Crippen LogP contribution in [-0.2, 0) is 16.0 Å². The van der Waals surface area contributed by atoms with Crippen LogP contribution in [0.25, 0.3) is 0 Å². The van der Waals surface area contributed by atoms with Crippen LogP contribution in [0.15, 0.2) is 42.5 Å². The molecule has 2 aliphatic rings. The molecule has 1 saturated heterocycles. The van der Waals surface area contributed by atoms with Crippen molar-refractivity contribution in [2.45, 2.75) is 25.3 Å². The number of carbonyl (C=O) groups excluding carboxylic acids is 4. The van der Waals surface area contributed by atoms with Crippen LogP contribution in [0.3, 0.4) is 0 Å². The molecule has 2 aliphatic heterocycles. The van der Waals surface area contributed by atoms with E-state index in [1.54, 1.807) is 11.9 Å². The van der Waals surface area contributed by atoms with Crippen molar-refractivity contribution in [3.63, 3.8) is 0 Å². The summed E-state index contributed by atoms with van der Waals surface area (Å²) in [5, 5.41) is 2.14. The van der Waals surface area contributed by atoms with Crippen molar-refractivity contribution < 1.29 is 23.6 Å². The summed E-state index contributed by atoms with van der Waals surface area (Å²) >= 11 is 0. The normalized spacial score (nSPS) is 18.5. The van der Waals surface area contributed by atoms with E-state index in [4.69, 9.17) is 0 Å². The molecule has 0 radical (unpaired) electrons. The lowest BCUT2D eigenvalue weighted by Crippen LogP contribution is -2.54. The Morgan fingerprint density at radius 1 is 1.07 bits per heavy atom. The zero-order valence-electron chi connectivity index (χ0n) is 16.4. The van der Waals surface area contributed by atoms with Crippen LogP contribution in [0.2, 0.25) is 0 Å². The number of amides is 4. The Morgan fingerprint density at radius 3 is 2.40 bits per heavy atom. The Hall–Kier alpha value is -3.55. The first-order valence-corrected chi connectivity index (χ1v) is 9.67. The monoisotopic (exact) mass is 409 g/mol. The second-order valence-corrected chi connectivity index (χ2v) is 7.45. The van der Waals surface area contributed by atoms with E-state index in [0.717, 1.165) is 16.5 Å². The second kappa shape index (κ2) is 7.70. The highest BCUT2D eigenvalue weighted by Crippen LogP contribution is 2.32. The van der Waals surface area contributed by atoms with E-state index < -0.39 is 35.5 Å². The molecule has 7 nitrogen and oxygen atoms in total. The van der Waals surface area contributed by atoms with Crippen LogP contribution in [0, 0.1) is 5.82 Å². The van der Waals surface area contributed by atoms with Gasteiger partial charge in [0, 0.05) is 20.0 Å². The van der Waals surface area contributed by atoms with E-state index in [1.807, 2.05) is 30.3 Å². The molecule has 4 amide bonds. The van der Waals surface area contributed by atoms with Crippen LogP contribution >= 0.6 is 0 Å². The molecule has 1 fully saturated rings. The topological polar surface area (TPSA) is 86.8 Å². The lowest BCUT2D eigenvalue weighted by Gasteiger charge is -2.27. The highest BCUT2D eigenvalue weighted by atomic mass is 19.1. The van der Waals surface area contributed by atoms with Crippen molar-refractivity contribution in [2.75, 3.05) is 18.5 Å². The summed E-state index contributed by atoms with van der Waals surface area (Å²) in [7, 11) is 1.72. The van der Waals surface area contributed by atoms with Gasteiger partial charge < -0.3 is 4.90 Å². The molecule has 30 heavy (non-hydrogen) atoms. The van der Waals surface area contributed by atoms with Gasteiger partial charge in [0.2, 0.25) is 11.8 Å². The standard InChI is InChI=1S/C22H20FN3O4/c1-25(10-9-13-5-3-2-4-6-13)18-12-15-14(11-16(18)23)21(29)26(22(15)30)17-7-8-19(27)24-20(17)28/h2-6,11-12,17H,7-10H2,1H3,(H,24,27,28). The summed E-state index contributed by atoms with van der Waals surface area (Å²) in [6.45, 7) is 0.513. The maximum absolute atomic E-state index is 14.8. The maximum atomic E-state index is 14.8. The van der Waals surface area contributed by atoms with E-state index in [-0.39, 0.29) is 29.7 Å². The van der Waals surface area contributed by atoms with E-state index in [1.165, 1.54) is 6.07 Å². The Balaban J connectivity index is 1.57. The van der Waals surface area contributed by atoms with E-state index >= 15 is 0 Å². The number of carbonyl (C=O) groups is 4. The molecule has 2 aromatic carbocycles. The number of halogens is 1. The molecule has 8 heteroatoms. The lowest BCUT2D eigenvalue weighted by molar-refractivity contribution is -0.136. The first kappa shape index (κ1) is 19.8. The third-order valence-corrected chi connectivity index (χ3v) is 5.50. The summed E-state index contributed by atoms with van der Waals surface area (Å²) in [6, 6.07) is 11.1. The molecule has 0 aliphatic carbocycles. The Kier molecular flexibility index (Phi) is 5.07. The van der Waals surface area contributed by atoms with E-state index in [0.29, 0.717) is 13.0 Å². The SMILES string of the molecule is CN(CCc1ccccc1)c1cc2c(cc1F)C(=O)N(C1CCC(=O)NC1=O)C2=O. The second-order valence-electron chi connectivity index (χ2n) is 7.45. The van der Waals surface area contributed by atoms with Gasteiger partial charge in [-0.2, -0.15) is 0 Å². The number of likely N-dealkylation sites (N-methyl/N-ethyl adjacent to an activating group) is 1. The van der Waals surface area contributed by atoms with Gasteiger partial charge in [0.25, 0.3) is 11.8 Å². The quantitative estimate of drug-likeness (QED) is 0.763. The van der Waals surface area contributed by atoms with Crippen molar-refractivity contribution in [3.05, 3.63) is 65.0 Å². The lowest BCUT2D eigenvalue weighted by atomic mass is 10.0. The first-order chi connectivity index (χ1) is 14.4. The summed E-state index contributed by atoms with van der Waals surface area (Å²) < 4.78 is 14.8. The fraction of sp³-hybridized carbons (Fsp3) is 0.273.